The van der Waals surface area contributed by atoms with Crippen LogP contribution < -0.4 is 15.4 Å². The first-order valence-electron chi connectivity index (χ1n) is 10.8. The van der Waals surface area contributed by atoms with Gasteiger partial charge in [0.15, 0.2) is 5.82 Å². The Morgan fingerprint density at radius 3 is 2.47 bits per heavy atom. The highest BCUT2D eigenvalue weighted by atomic mass is 32.2. The van der Waals surface area contributed by atoms with Crippen molar-refractivity contribution in [1.29, 1.82) is 0 Å². The molecule has 0 atom stereocenters. The molecular formula is C26H26N4O3S. The van der Waals surface area contributed by atoms with Gasteiger partial charge in [-0.3, -0.25) is 14.7 Å². The van der Waals surface area contributed by atoms with Crippen molar-refractivity contribution in [2.24, 2.45) is 5.41 Å². The van der Waals surface area contributed by atoms with Gasteiger partial charge >= 0.3 is 0 Å². The summed E-state index contributed by atoms with van der Waals surface area (Å²) in [5.74, 6) is 0.859. The smallest absolute Gasteiger partial charge is 0.255 e. The topological polar surface area (TPSA) is 96.1 Å². The van der Waals surface area contributed by atoms with E-state index >= 15 is 0 Å². The highest BCUT2D eigenvalue weighted by molar-refractivity contribution is 7.99. The highest BCUT2D eigenvalue weighted by Crippen LogP contribution is 2.33. The number of nitrogens with one attached hydrogen (secondary N) is 3. The van der Waals surface area contributed by atoms with Crippen LogP contribution in [-0.4, -0.2) is 29.1 Å². The quantitative estimate of drug-likeness (QED) is 0.320. The molecular weight excluding hydrogens is 448 g/mol. The first-order valence-corrected chi connectivity index (χ1v) is 11.6. The zero-order valence-electron chi connectivity index (χ0n) is 19.4. The molecule has 0 bridgehead atoms. The lowest BCUT2D eigenvalue weighted by atomic mass is 9.96. The number of nitrogens with zero attached hydrogens (tertiary/aromatic N) is 1. The average Bonchev–Trinajstić information content (AvgIpc) is 3.20. The number of H-pyrrole nitrogens is 1. The van der Waals surface area contributed by atoms with Gasteiger partial charge in [0.2, 0.25) is 5.91 Å². The van der Waals surface area contributed by atoms with E-state index in [4.69, 9.17) is 4.74 Å². The first-order chi connectivity index (χ1) is 16.2. The van der Waals surface area contributed by atoms with E-state index < -0.39 is 5.41 Å². The number of hydrogen-bond acceptors (Lipinski definition) is 5. The van der Waals surface area contributed by atoms with Gasteiger partial charge < -0.3 is 15.4 Å². The Kier molecular flexibility index (Phi) is 6.61. The lowest BCUT2D eigenvalue weighted by Gasteiger charge is -2.16. The third-order valence-electron chi connectivity index (χ3n) is 5.11. The molecule has 3 N–H and O–H groups in total. The van der Waals surface area contributed by atoms with Crippen LogP contribution in [-0.2, 0) is 4.79 Å². The lowest BCUT2D eigenvalue weighted by molar-refractivity contribution is -0.123. The Morgan fingerprint density at radius 1 is 0.941 bits per heavy atom. The zero-order chi connectivity index (χ0) is 24.3. The van der Waals surface area contributed by atoms with Crippen molar-refractivity contribution >= 4 is 46.0 Å². The number of amides is 2. The van der Waals surface area contributed by atoms with E-state index in [1.807, 2.05) is 63.2 Å². The lowest BCUT2D eigenvalue weighted by Crippen LogP contribution is -2.27. The summed E-state index contributed by atoms with van der Waals surface area (Å²) < 4.78 is 5.20. The van der Waals surface area contributed by atoms with Gasteiger partial charge in [-0.05, 0) is 54.6 Å². The fourth-order valence-electron chi connectivity index (χ4n) is 3.19. The molecule has 0 aliphatic rings. The van der Waals surface area contributed by atoms with Gasteiger partial charge in [-0.2, -0.15) is 5.10 Å². The number of ether oxygens (including phenoxy) is 1. The maximum Gasteiger partial charge on any atom is 0.255 e. The molecule has 174 valence electrons. The molecule has 2 amide bonds. The van der Waals surface area contributed by atoms with Gasteiger partial charge in [0.25, 0.3) is 5.91 Å². The molecule has 0 unspecified atom stereocenters. The summed E-state index contributed by atoms with van der Waals surface area (Å²) in [5.41, 5.74) is 1.55. The standard InChI is InChI=1S/C26H26N4O3S/c1-26(2,3)25(32)28-23-21-12-11-20(15-22(21)29-30-23)34-19-10-6-8-17(14-19)27-24(31)16-7-5-9-18(13-16)33-4/h5-15H,1-4H3,(H,27,31)(H2,28,29,30,32). The number of anilines is 2. The maximum atomic E-state index is 12.6. The number of carbonyl (C=O) groups excluding carboxylic acids is 2. The molecule has 34 heavy (non-hydrogen) atoms. The molecule has 0 saturated heterocycles. The second kappa shape index (κ2) is 9.61. The number of carbonyl (C=O) groups is 2. The van der Waals surface area contributed by atoms with Gasteiger partial charge in [0.1, 0.15) is 5.75 Å². The van der Waals surface area contributed by atoms with E-state index in [0.29, 0.717) is 22.8 Å². The molecule has 0 aliphatic heterocycles. The van der Waals surface area contributed by atoms with E-state index in [-0.39, 0.29) is 11.8 Å². The van der Waals surface area contributed by atoms with Gasteiger partial charge in [-0.1, -0.05) is 44.7 Å². The van der Waals surface area contributed by atoms with Crippen LogP contribution in [0, 0.1) is 5.41 Å². The minimum Gasteiger partial charge on any atom is -0.497 e. The van der Waals surface area contributed by atoms with Gasteiger partial charge in [-0.15, -0.1) is 0 Å². The second-order valence-corrected chi connectivity index (χ2v) is 9.95. The summed E-state index contributed by atoms with van der Waals surface area (Å²) in [6.07, 6.45) is 0. The fourth-order valence-corrected chi connectivity index (χ4v) is 4.11. The van der Waals surface area contributed by atoms with E-state index in [0.717, 1.165) is 20.7 Å². The molecule has 0 spiro atoms. The molecule has 3 aromatic carbocycles. The van der Waals surface area contributed by atoms with Gasteiger partial charge in [0, 0.05) is 31.8 Å². The molecule has 4 rings (SSSR count). The monoisotopic (exact) mass is 474 g/mol. The van der Waals surface area contributed by atoms with Gasteiger partial charge in [0.05, 0.1) is 12.6 Å². The number of rotatable bonds is 6. The zero-order valence-corrected chi connectivity index (χ0v) is 20.2. The van der Waals surface area contributed by atoms with Crippen molar-refractivity contribution in [3.8, 4) is 5.75 Å². The minimum absolute atomic E-state index is 0.0906. The Bertz CT molecular complexity index is 1360. The summed E-state index contributed by atoms with van der Waals surface area (Å²) in [6.45, 7) is 5.58. The predicted molar refractivity (Wildman–Crippen MR) is 136 cm³/mol. The minimum atomic E-state index is -0.506. The first kappa shape index (κ1) is 23.4. The third-order valence-corrected chi connectivity index (χ3v) is 6.09. The number of fused-ring (bicyclic) bond motifs is 1. The number of methoxy groups -OCH3 is 1. The molecule has 4 aromatic rings. The van der Waals surface area contributed by atoms with Crippen LogP contribution in [0.5, 0.6) is 5.75 Å². The third kappa shape index (κ3) is 5.40. The number of hydrogen-bond donors (Lipinski definition) is 3. The van der Waals surface area contributed by atoms with Crippen molar-refractivity contribution in [3.05, 3.63) is 72.3 Å². The van der Waals surface area contributed by atoms with Crippen molar-refractivity contribution in [1.82, 2.24) is 10.2 Å². The molecule has 7 nitrogen and oxygen atoms in total. The van der Waals surface area contributed by atoms with Crippen molar-refractivity contribution in [2.45, 2.75) is 30.6 Å². The SMILES string of the molecule is COc1cccc(C(=O)Nc2cccc(Sc3ccc4c(NC(=O)C(C)(C)C)n[nH]c4c3)c2)c1. The van der Waals surface area contributed by atoms with Crippen LogP contribution in [0.15, 0.2) is 76.5 Å². The van der Waals surface area contributed by atoms with Crippen LogP contribution in [0.2, 0.25) is 0 Å². The van der Waals surface area contributed by atoms with Crippen LogP contribution in [0.4, 0.5) is 11.5 Å². The summed E-state index contributed by atoms with van der Waals surface area (Å²) in [5, 5.41) is 13.9. The normalized spacial score (nSPS) is 11.3. The van der Waals surface area contributed by atoms with E-state index in [2.05, 4.69) is 20.8 Å². The van der Waals surface area contributed by atoms with Crippen LogP contribution in [0.1, 0.15) is 31.1 Å². The molecule has 0 aliphatic carbocycles. The molecule has 0 saturated carbocycles. The number of aromatic nitrogens is 2. The summed E-state index contributed by atoms with van der Waals surface area (Å²) in [4.78, 5) is 26.9. The Morgan fingerprint density at radius 2 is 1.71 bits per heavy atom. The van der Waals surface area contributed by atoms with E-state index in [1.54, 1.807) is 43.1 Å². The second-order valence-electron chi connectivity index (χ2n) is 8.80. The van der Waals surface area contributed by atoms with E-state index in [9.17, 15) is 9.59 Å². The molecule has 0 radical (unpaired) electrons. The van der Waals surface area contributed by atoms with Crippen LogP contribution in [0.3, 0.4) is 0 Å². The van der Waals surface area contributed by atoms with Crippen molar-refractivity contribution < 1.29 is 14.3 Å². The highest BCUT2D eigenvalue weighted by Gasteiger charge is 2.22. The van der Waals surface area contributed by atoms with Crippen LogP contribution in [0.25, 0.3) is 10.9 Å². The Hall–Kier alpha value is -3.78. The summed E-state index contributed by atoms with van der Waals surface area (Å²) >= 11 is 1.57. The predicted octanol–water partition coefficient (Wildman–Crippen LogP) is 5.96. The Balaban J connectivity index is 1.47. The average molecular weight is 475 g/mol. The summed E-state index contributed by atoms with van der Waals surface area (Å²) in [6, 6.07) is 20.6. The van der Waals surface area contributed by atoms with Crippen LogP contribution >= 0.6 is 11.8 Å². The number of benzene rings is 3. The number of aromatic amines is 1. The van der Waals surface area contributed by atoms with Crippen molar-refractivity contribution in [3.63, 3.8) is 0 Å². The molecule has 0 fully saturated rings. The Labute approximate surface area is 202 Å². The fraction of sp³-hybridized carbons (Fsp3) is 0.192. The van der Waals surface area contributed by atoms with Gasteiger partial charge in [-0.25, -0.2) is 0 Å². The largest absolute Gasteiger partial charge is 0.497 e. The summed E-state index contributed by atoms with van der Waals surface area (Å²) in [7, 11) is 1.57. The van der Waals surface area contributed by atoms with E-state index in [1.165, 1.54) is 0 Å². The molecule has 8 heteroatoms. The maximum absolute atomic E-state index is 12.6. The molecule has 1 heterocycles. The molecule has 1 aromatic heterocycles. The van der Waals surface area contributed by atoms with Crippen molar-refractivity contribution in [2.75, 3.05) is 17.7 Å².